The lowest BCUT2D eigenvalue weighted by Gasteiger charge is -2.17. The predicted octanol–water partition coefficient (Wildman–Crippen LogP) is 2.37. The molecule has 1 heterocycles. The van der Waals surface area contributed by atoms with E-state index in [1.807, 2.05) is 11.6 Å². The predicted molar refractivity (Wildman–Crippen MR) is 48.3 cm³/mol. The van der Waals surface area contributed by atoms with Gasteiger partial charge in [0.1, 0.15) is 5.78 Å². The number of aromatic nitrogens is 1. The molecule has 0 N–H and O–H groups in total. The van der Waals surface area contributed by atoms with Crippen LogP contribution in [0.3, 0.4) is 0 Å². The molecule has 1 saturated carbocycles. The minimum atomic E-state index is 0.404. The van der Waals surface area contributed by atoms with E-state index in [0.29, 0.717) is 18.1 Å². The highest BCUT2D eigenvalue weighted by atomic mass is 32.1. The summed E-state index contributed by atoms with van der Waals surface area (Å²) in [6.07, 6.45) is 5.50. The molecule has 2 nitrogen and oxygen atoms in total. The summed E-state index contributed by atoms with van der Waals surface area (Å²) in [7, 11) is 0. The largest absolute Gasteiger partial charge is 0.300 e. The van der Waals surface area contributed by atoms with Gasteiger partial charge in [-0.05, 0) is 12.8 Å². The molecular weight excluding hydrogens is 170 g/mol. The molecule has 0 spiro atoms. The summed E-state index contributed by atoms with van der Waals surface area (Å²) in [6, 6.07) is 0. The van der Waals surface area contributed by atoms with Gasteiger partial charge < -0.3 is 0 Å². The SMILES string of the molecule is O=C1CCCC(c2nccs2)C1. The molecule has 0 bridgehead atoms. The van der Waals surface area contributed by atoms with Crippen LogP contribution in [0, 0.1) is 0 Å². The zero-order valence-electron chi connectivity index (χ0n) is 6.82. The van der Waals surface area contributed by atoms with Crippen molar-refractivity contribution in [3.05, 3.63) is 16.6 Å². The summed E-state index contributed by atoms with van der Waals surface area (Å²) in [4.78, 5) is 15.4. The third-order valence-corrected chi connectivity index (χ3v) is 3.22. The fourth-order valence-corrected chi connectivity index (χ4v) is 2.45. The van der Waals surface area contributed by atoms with Crippen molar-refractivity contribution in [2.24, 2.45) is 0 Å². The number of rotatable bonds is 1. The number of Topliss-reactive ketones (excluding diaryl/α,β-unsaturated/α-hetero) is 1. The normalized spacial score (nSPS) is 24.3. The van der Waals surface area contributed by atoms with Gasteiger partial charge in [-0.1, -0.05) is 0 Å². The van der Waals surface area contributed by atoms with Gasteiger partial charge in [0, 0.05) is 30.3 Å². The highest BCUT2D eigenvalue weighted by molar-refractivity contribution is 7.09. The molecule has 2 rings (SSSR count). The molecule has 0 radical (unpaired) electrons. The number of carbonyl (C=O) groups excluding carboxylic acids is 1. The van der Waals surface area contributed by atoms with Crippen LogP contribution in [0.5, 0.6) is 0 Å². The van der Waals surface area contributed by atoms with Crippen LogP contribution in [0.1, 0.15) is 36.6 Å². The van der Waals surface area contributed by atoms with Crippen LogP contribution in [0.2, 0.25) is 0 Å². The fraction of sp³-hybridized carbons (Fsp3) is 0.556. The van der Waals surface area contributed by atoms with E-state index in [4.69, 9.17) is 0 Å². The van der Waals surface area contributed by atoms with Gasteiger partial charge >= 0.3 is 0 Å². The minimum Gasteiger partial charge on any atom is -0.300 e. The molecule has 3 heteroatoms. The average Bonchev–Trinajstić information content (AvgIpc) is 2.56. The molecule has 0 aromatic carbocycles. The second kappa shape index (κ2) is 3.35. The van der Waals surface area contributed by atoms with Crippen LogP contribution < -0.4 is 0 Å². The number of ketones is 1. The lowest BCUT2D eigenvalue weighted by atomic mass is 9.89. The first kappa shape index (κ1) is 7.92. The number of hydrogen-bond acceptors (Lipinski definition) is 3. The molecule has 0 saturated heterocycles. The van der Waals surface area contributed by atoms with E-state index < -0.39 is 0 Å². The standard InChI is InChI=1S/C9H11NOS/c11-8-3-1-2-7(6-8)9-10-4-5-12-9/h4-5,7H,1-3,6H2. The van der Waals surface area contributed by atoms with Crippen molar-refractivity contribution in [1.29, 1.82) is 0 Å². The topological polar surface area (TPSA) is 30.0 Å². The number of thiazole rings is 1. The van der Waals surface area contributed by atoms with Crippen LogP contribution in [-0.4, -0.2) is 10.8 Å². The maximum absolute atomic E-state index is 11.1. The summed E-state index contributed by atoms with van der Waals surface area (Å²) < 4.78 is 0. The van der Waals surface area contributed by atoms with E-state index >= 15 is 0 Å². The Bertz CT molecular complexity index is 268. The van der Waals surface area contributed by atoms with Crippen molar-refractivity contribution in [2.75, 3.05) is 0 Å². The Morgan fingerprint density at radius 1 is 1.58 bits per heavy atom. The molecule has 0 aliphatic heterocycles. The smallest absolute Gasteiger partial charge is 0.133 e. The molecule has 1 aliphatic rings. The summed E-state index contributed by atoms with van der Waals surface area (Å²) in [5.74, 6) is 0.827. The van der Waals surface area contributed by atoms with Crippen LogP contribution in [-0.2, 0) is 4.79 Å². The van der Waals surface area contributed by atoms with Gasteiger partial charge in [0.15, 0.2) is 0 Å². The van der Waals surface area contributed by atoms with Gasteiger partial charge in [-0.15, -0.1) is 11.3 Å². The maximum atomic E-state index is 11.1. The molecular formula is C9H11NOS. The van der Waals surface area contributed by atoms with Crippen molar-refractivity contribution < 1.29 is 4.79 Å². The first-order valence-corrected chi connectivity index (χ1v) is 5.15. The van der Waals surface area contributed by atoms with E-state index in [9.17, 15) is 4.79 Å². The molecule has 1 atom stereocenters. The molecule has 1 aromatic heterocycles. The zero-order chi connectivity index (χ0) is 8.39. The van der Waals surface area contributed by atoms with Crippen molar-refractivity contribution in [2.45, 2.75) is 31.6 Å². The lowest BCUT2D eigenvalue weighted by molar-refractivity contribution is -0.120. The van der Waals surface area contributed by atoms with Crippen LogP contribution in [0.15, 0.2) is 11.6 Å². The second-order valence-corrected chi connectivity index (χ2v) is 4.13. The van der Waals surface area contributed by atoms with Gasteiger partial charge in [-0.3, -0.25) is 4.79 Å². The molecule has 1 aromatic rings. The van der Waals surface area contributed by atoms with Crippen molar-refractivity contribution >= 4 is 17.1 Å². The van der Waals surface area contributed by atoms with Crippen molar-refractivity contribution in [1.82, 2.24) is 4.98 Å². The average molecular weight is 181 g/mol. The molecule has 1 fully saturated rings. The summed E-state index contributed by atoms with van der Waals surface area (Å²) in [6.45, 7) is 0. The summed E-state index contributed by atoms with van der Waals surface area (Å²) >= 11 is 1.67. The van der Waals surface area contributed by atoms with E-state index in [2.05, 4.69) is 4.98 Å². The molecule has 12 heavy (non-hydrogen) atoms. The highest BCUT2D eigenvalue weighted by Crippen LogP contribution is 2.31. The monoisotopic (exact) mass is 181 g/mol. The summed E-state index contributed by atoms with van der Waals surface area (Å²) in [5, 5.41) is 3.12. The minimum absolute atomic E-state index is 0.404. The highest BCUT2D eigenvalue weighted by Gasteiger charge is 2.22. The van der Waals surface area contributed by atoms with Crippen molar-refractivity contribution in [3.63, 3.8) is 0 Å². The first-order chi connectivity index (χ1) is 5.86. The Balaban J connectivity index is 2.09. The van der Waals surface area contributed by atoms with Gasteiger partial charge in [0.25, 0.3) is 0 Å². The van der Waals surface area contributed by atoms with Crippen molar-refractivity contribution in [3.8, 4) is 0 Å². The van der Waals surface area contributed by atoms with E-state index in [1.165, 1.54) is 0 Å². The van der Waals surface area contributed by atoms with Gasteiger partial charge in [0.2, 0.25) is 0 Å². The van der Waals surface area contributed by atoms with E-state index in [1.54, 1.807) is 11.3 Å². The van der Waals surface area contributed by atoms with Crippen LogP contribution in [0.4, 0.5) is 0 Å². The molecule has 1 aliphatic carbocycles. The van der Waals surface area contributed by atoms with Crippen LogP contribution in [0.25, 0.3) is 0 Å². The summed E-state index contributed by atoms with van der Waals surface area (Å²) in [5.41, 5.74) is 0. The lowest BCUT2D eigenvalue weighted by Crippen LogP contribution is -2.12. The zero-order valence-corrected chi connectivity index (χ0v) is 7.64. The first-order valence-electron chi connectivity index (χ1n) is 4.27. The van der Waals surface area contributed by atoms with Crippen LogP contribution >= 0.6 is 11.3 Å². The Hall–Kier alpha value is -0.700. The Morgan fingerprint density at radius 2 is 2.50 bits per heavy atom. The third kappa shape index (κ3) is 1.55. The quantitative estimate of drug-likeness (QED) is 0.665. The second-order valence-electron chi connectivity index (χ2n) is 3.20. The molecule has 1 unspecified atom stereocenters. The number of carbonyl (C=O) groups is 1. The van der Waals surface area contributed by atoms with Gasteiger partial charge in [-0.2, -0.15) is 0 Å². The number of hydrogen-bond donors (Lipinski definition) is 0. The Morgan fingerprint density at radius 3 is 3.17 bits per heavy atom. The van der Waals surface area contributed by atoms with E-state index in [0.717, 1.165) is 24.3 Å². The van der Waals surface area contributed by atoms with Gasteiger partial charge in [0.05, 0.1) is 5.01 Å². The fourth-order valence-electron chi connectivity index (χ4n) is 1.67. The Labute approximate surface area is 75.6 Å². The van der Waals surface area contributed by atoms with E-state index in [-0.39, 0.29) is 0 Å². The Kier molecular flexibility index (Phi) is 2.21. The maximum Gasteiger partial charge on any atom is 0.133 e. The number of nitrogens with zero attached hydrogens (tertiary/aromatic N) is 1. The molecule has 0 amide bonds. The third-order valence-electron chi connectivity index (χ3n) is 2.28. The molecule has 64 valence electrons. The van der Waals surface area contributed by atoms with Gasteiger partial charge in [-0.25, -0.2) is 4.98 Å².